The van der Waals surface area contributed by atoms with Crippen LogP contribution >= 0.6 is 11.5 Å². The lowest BCUT2D eigenvalue weighted by molar-refractivity contribution is -0.385. The molecule has 3 rings (SSSR count). The minimum atomic E-state index is -0.592. The van der Waals surface area contributed by atoms with Crippen LogP contribution in [0.15, 0.2) is 18.2 Å². The second kappa shape index (κ2) is 4.97. The van der Waals surface area contributed by atoms with Crippen molar-refractivity contribution in [2.24, 2.45) is 0 Å². The Hall–Kier alpha value is -2.35. The first-order valence-corrected chi connectivity index (χ1v) is 6.70. The fraction of sp³-hybridized carbons (Fsp3) is 0.250. The van der Waals surface area contributed by atoms with Crippen LogP contribution in [0.5, 0.6) is 10.9 Å². The van der Waals surface area contributed by atoms with Gasteiger partial charge < -0.3 is 4.74 Å². The molecule has 0 radical (unpaired) electrons. The Balaban J connectivity index is 1.88. The van der Waals surface area contributed by atoms with Gasteiger partial charge in [-0.15, -0.1) is 0 Å². The van der Waals surface area contributed by atoms with Gasteiger partial charge in [0.15, 0.2) is 0 Å². The van der Waals surface area contributed by atoms with Gasteiger partial charge in [-0.2, -0.15) is 9.36 Å². The van der Waals surface area contributed by atoms with E-state index in [1.807, 2.05) is 0 Å². The van der Waals surface area contributed by atoms with Gasteiger partial charge in [0, 0.05) is 29.1 Å². The standard InChI is InChI=1S/C12H9N3O4S/c16-6-7-1-4-10(9(5-7)15(17)18)19-12-13-11(14-20-12)8-2-3-8/h1,4-6,8H,2-3H2. The first-order valence-electron chi connectivity index (χ1n) is 5.92. The van der Waals surface area contributed by atoms with E-state index in [9.17, 15) is 14.9 Å². The number of hydrogen-bond donors (Lipinski definition) is 0. The smallest absolute Gasteiger partial charge is 0.312 e. The molecule has 0 spiro atoms. The SMILES string of the molecule is O=Cc1ccc(Oc2nc(C3CC3)ns2)c([N+](=O)[O-])c1. The van der Waals surface area contributed by atoms with Gasteiger partial charge in [-0.05, 0) is 25.0 Å². The van der Waals surface area contributed by atoms with Crippen LogP contribution in [-0.4, -0.2) is 20.6 Å². The topological polar surface area (TPSA) is 95.2 Å². The van der Waals surface area contributed by atoms with E-state index < -0.39 is 4.92 Å². The van der Waals surface area contributed by atoms with Gasteiger partial charge in [0.05, 0.1) is 4.92 Å². The Morgan fingerprint density at radius 2 is 2.25 bits per heavy atom. The zero-order chi connectivity index (χ0) is 14.1. The summed E-state index contributed by atoms with van der Waals surface area (Å²) < 4.78 is 9.58. The number of hydrogen-bond acceptors (Lipinski definition) is 7. The highest BCUT2D eigenvalue weighted by molar-refractivity contribution is 7.07. The summed E-state index contributed by atoms with van der Waals surface area (Å²) in [5, 5.41) is 11.3. The van der Waals surface area contributed by atoms with Crippen molar-refractivity contribution in [3.63, 3.8) is 0 Å². The number of nitro benzene ring substituents is 1. The fourth-order valence-electron chi connectivity index (χ4n) is 1.70. The predicted molar refractivity (Wildman–Crippen MR) is 70.4 cm³/mol. The van der Waals surface area contributed by atoms with E-state index in [4.69, 9.17) is 4.74 Å². The monoisotopic (exact) mass is 291 g/mol. The molecule has 1 aliphatic rings. The van der Waals surface area contributed by atoms with E-state index >= 15 is 0 Å². The number of aromatic nitrogens is 2. The number of rotatable bonds is 5. The first kappa shape index (κ1) is 12.7. The zero-order valence-electron chi connectivity index (χ0n) is 10.2. The van der Waals surface area contributed by atoms with Crippen molar-refractivity contribution in [1.82, 2.24) is 9.36 Å². The van der Waals surface area contributed by atoms with Crippen molar-refractivity contribution in [2.45, 2.75) is 18.8 Å². The van der Waals surface area contributed by atoms with Crippen LogP contribution in [0.2, 0.25) is 0 Å². The molecule has 0 aliphatic heterocycles. The Morgan fingerprint density at radius 1 is 1.45 bits per heavy atom. The van der Waals surface area contributed by atoms with Gasteiger partial charge in [-0.3, -0.25) is 14.9 Å². The summed E-state index contributed by atoms with van der Waals surface area (Å²) in [6.07, 6.45) is 2.70. The average molecular weight is 291 g/mol. The largest absolute Gasteiger partial charge is 0.422 e. The molecule has 1 aliphatic carbocycles. The van der Waals surface area contributed by atoms with E-state index in [1.54, 1.807) is 0 Å². The van der Waals surface area contributed by atoms with E-state index in [-0.39, 0.29) is 22.2 Å². The third-order valence-corrected chi connectivity index (χ3v) is 3.49. The van der Waals surface area contributed by atoms with E-state index in [2.05, 4.69) is 9.36 Å². The Morgan fingerprint density at radius 3 is 2.90 bits per heavy atom. The summed E-state index contributed by atoms with van der Waals surface area (Å²) in [6, 6.07) is 4.02. The summed E-state index contributed by atoms with van der Waals surface area (Å²) in [7, 11) is 0. The summed E-state index contributed by atoms with van der Waals surface area (Å²) in [5.41, 5.74) is -0.0437. The molecular weight excluding hydrogens is 282 g/mol. The van der Waals surface area contributed by atoms with Crippen LogP contribution in [0.3, 0.4) is 0 Å². The van der Waals surface area contributed by atoms with Crippen molar-refractivity contribution in [3.8, 4) is 10.9 Å². The number of ether oxygens (including phenoxy) is 1. The van der Waals surface area contributed by atoms with Gasteiger partial charge >= 0.3 is 5.69 Å². The van der Waals surface area contributed by atoms with Crippen molar-refractivity contribution in [2.75, 3.05) is 0 Å². The number of benzene rings is 1. The normalized spacial score (nSPS) is 14.0. The lowest BCUT2D eigenvalue weighted by Crippen LogP contribution is -1.95. The second-order valence-corrected chi connectivity index (χ2v) is 5.11. The minimum Gasteiger partial charge on any atom is -0.422 e. The summed E-state index contributed by atoms with van der Waals surface area (Å²) in [6.45, 7) is 0. The third-order valence-electron chi connectivity index (χ3n) is 2.88. The lowest BCUT2D eigenvalue weighted by atomic mass is 10.2. The molecule has 7 nitrogen and oxygen atoms in total. The third kappa shape index (κ3) is 2.50. The fourth-order valence-corrected chi connectivity index (χ4v) is 2.32. The van der Waals surface area contributed by atoms with Crippen LogP contribution < -0.4 is 4.74 Å². The Kier molecular flexibility index (Phi) is 3.15. The molecule has 1 heterocycles. The highest BCUT2D eigenvalue weighted by Gasteiger charge is 2.28. The van der Waals surface area contributed by atoms with Crippen molar-refractivity contribution >= 4 is 23.5 Å². The molecular formula is C12H9N3O4S. The van der Waals surface area contributed by atoms with Crippen LogP contribution in [-0.2, 0) is 0 Å². The summed E-state index contributed by atoms with van der Waals surface area (Å²) >= 11 is 1.07. The molecule has 1 aromatic heterocycles. The second-order valence-electron chi connectivity index (χ2n) is 4.40. The molecule has 0 amide bonds. The molecule has 2 aromatic rings. The Labute approximate surface area is 117 Å². The molecule has 0 bridgehead atoms. The molecule has 0 saturated heterocycles. The highest BCUT2D eigenvalue weighted by Crippen LogP contribution is 2.40. The molecule has 0 unspecified atom stereocenters. The number of nitro groups is 1. The number of carbonyl (C=O) groups is 1. The maximum absolute atomic E-state index is 11.0. The first-order chi connectivity index (χ1) is 9.67. The zero-order valence-corrected chi connectivity index (χ0v) is 11.0. The summed E-state index contributed by atoms with van der Waals surface area (Å²) in [4.78, 5) is 25.2. The van der Waals surface area contributed by atoms with Gasteiger partial charge in [-0.25, -0.2) is 0 Å². The molecule has 1 saturated carbocycles. The molecule has 8 heteroatoms. The van der Waals surface area contributed by atoms with E-state index in [0.29, 0.717) is 12.2 Å². The molecule has 0 N–H and O–H groups in total. The van der Waals surface area contributed by atoms with Crippen LogP contribution in [0.1, 0.15) is 34.9 Å². The highest BCUT2D eigenvalue weighted by atomic mass is 32.1. The number of carbonyl (C=O) groups excluding carboxylic acids is 1. The Bertz CT molecular complexity index is 681. The quantitative estimate of drug-likeness (QED) is 0.477. The van der Waals surface area contributed by atoms with Gasteiger partial charge in [-0.1, -0.05) is 0 Å². The number of aldehydes is 1. The van der Waals surface area contributed by atoms with Crippen LogP contribution in [0, 0.1) is 10.1 Å². The van der Waals surface area contributed by atoms with Gasteiger partial charge in [0.1, 0.15) is 12.1 Å². The lowest BCUT2D eigenvalue weighted by Gasteiger charge is -2.02. The maximum Gasteiger partial charge on any atom is 0.312 e. The maximum atomic E-state index is 11.0. The van der Waals surface area contributed by atoms with Gasteiger partial charge in [0.25, 0.3) is 5.19 Å². The van der Waals surface area contributed by atoms with Crippen molar-refractivity contribution in [3.05, 3.63) is 39.7 Å². The number of nitrogens with zero attached hydrogens (tertiary/aromatic N) is 3. The van der Waals surface area contributed by atoms with Crippen molar-refractivity contribution in [1.29, 1.82) is 0 Å². The van der Waals surface area contributed by atoms with Gasteiger partial charge in [0.2, 0.25) is 5.75 Å². The van der Waals surface area contributed by atoms with E-state index in [0.717, 1.165) is 30.2 Å². The van der Waals surface area contributed by atoms with Crippen molar-refractivity contribution < 1.29 is 14.5 Å². The average Bonchev–Trinajstić information content (AvgIpc) is 3.20. The van der Waals surface area contributed by atoms with Crippen LogP contribution in [0.4, 0.5) is 5.69 Å². The molecule has 1 fully saturated rings. The summed E-state index contributed by atoms with van der Waals surface area (Å²) in [5.74, 6) is 1.19. The minimum absolute atomic E-state index is 0.0547. The van der Waals surface area contributed by atoms with E-state index in [1.165, 1.54) is 18.2 Å². The molecule has 0 atom stereocenters. The molecule has 20 heavy (non-hydrogen) atoms. The molecule has 102 valence electrons. The predicted octanol–water partition coefficient (Wildman–Crippen LogP) is 2.93. The molecule has 1 aromatic carbocycles. The van der Waals surface area contributed by atoms with Crippen LogP contribution in [0.25, 0.3) is 0 Å².